The van der Waals surface area contributed by atoms with E-state index in [-0.39, 0.29) is 6.61 Å². The predicted molar refractivity (Wildman–Crippen MR) is 66.5 cm³/mol. The van der Waals surface area contributed by atoms with Crippen molar-refractivity contribution in [1.29, 1.82) is 0 Å². The van der Waals surface area contributed by atoms with Gasteiger partial charge in [0.15, 0.2) is 0 Å². The fraction of sp³-hybridized carbons (Fsp3) is 0.333. The molecule has 0 aromatic heterocycles. The van der Waals surface area contributed by atoms with Gasteiger partial charge in [-0.2, -0.15) is 0 Å². The van der Waals surface area contributed by atoms with E-state index in [1.807, 2.05) is 18.2 Å². The molecule has 92 valence electrons. The van der Waals surface area contributed by atoms with Gasteiger partial charge in [-0.05, 0) is 17.7 Å². The minimum Gasteiger partial charge on any atom is -0.495 e. The van der Waals surface area contributed by atoms with E-state index in [0.29, 0.717) is 17.9 Å². The molecular weight excluding hydrogens is 218 g/mol. The number of ether oxygens (including phenoxy) is 1. The molecule has 7 N–H and O–H groups in total. The van der Waals surface area contributed by atoms with Crippen molar-refractivity contribution in [1.82, 2.24) is 0 Å². The monoisotopic (exact) mass is 235 g/mol. The zero-order valence-corrected chi connectivity index (χ0v) is 9.47. The smallest absolute Gasteiger partial charge is 0.116 e. The van der Waals surface area contributed by atoms with Crippen molar-refractivity contribution in [2.24, 2.45) is 11.5 Å². The Balaban J connectivity index is 2.25. The molecule has 17 heavy (non-hydrogen) atoms. The molecule has 0 amide bonds. The number of fused-ring (bicyclic) bond motifs is 1. The topological polar surface area (TPSA) is 108 Å². The number of anilines is 1. The quantitative estimate of drug-likeness (QED) is 0.445. The number of benzene rings is 1. The molecule has 0 heterocycles. The van der Waals surface area contributed by atoms with Crippen LogP contribution in [0.2, 0.25) is 0 Å². The van der Waals surface area contributed by atoms with Gasteiger partial charge in [0.1, 0.15) is 6.61 Å². The summed E-state index contributed by atoms with van der Waals surface area (Å²) in [4.78, 5) is 0. The summed E-state index contributed by atoms with van der Waals surface area (Å²) in [5.74, 6) is 0.656. The number of hydrogen-bond donors (Lipinski definition) is 4. The second-order valence-electron chi connectivity index (χ2n) is 4.16. The standard InChI is InChI=1S/C12H17N3O2/c13-10-3-1-2-8-9(10)4-7(5-11(8)16)17-6-12(14)15/h1-4,11-12,16H,5-6,13-15H2. The van der Waals surface area contributed by atoms with Gasteiger partial charge in [-0.25, -0.2) is 0 Å². The van der Waals surface area contributed by atoms with Crippen molar-refractivity contribution < 1.29 is 9.84 Å². The Morgan fingerprint density at radius 2 is 2.18 bits per heavy atom. The molecular formula is C12H17N3O2. The molecule has 1 unspecified atom stereocenters. The molecule has 0 fully saturated rings. The number of nitrogens with two attached hydrogens (primary N) is 3. The molecule has 5 heteroatoms. The number of aliphatic hydroxyl groups excluding tert-OH is 1. The summed E-state index contributed by atoms with van der Waals surface area (Å²) in [6.45, 7) is 0.223. The second kappa shape index (κ2) is 4.75. The lowest BCUT2D eigenvalue weighted by Crippen LogP contribution is -2.35. The lowest BCUT2D eigenvalue weighted by molar-refractivity contribution is 0.125. The third kappa shape index (κ3) is 2.58. The van der Waals surface area contributed by atoms with Gasteiger partial charge in [0.25, 0.3) is 0 Å². The van der Waals surface area contributed by atoms with Crippen molar-refractivity contribution in [2.45, 2.75) is 18.7 Å². The summed E-state index contributed by atoms with van der Waals surface area (Å²) in [6, 6.07) is 5.48. The van der Waals surface area contributed by atoms with E-state index in [1.165, 1.54) is 0 Å². The van der Waals surface area contributed by atoms with Crippen LogP contribution in [0.3, 0.4) is 0 Å². The van der Waals surface area contributed by atoms with E-state index in [1.54, 1.807) is 6.07 Å². The second-order valence-corrected chi connectivity index (χ2v) is 4.16. The van der Waals surface area contributed by atoms with Crippen LogP contribution in [0.5, 0.6) is 0 Å². The van der Waals surface area contributed by atoms with E-state index < -0.39 is 12.3 Å². The highest BCUT2D eigenvalue weighted by Crippen LogP contribution is 2.34. The van der Waals surface area contributed by atoms with Gasteiger partial charge in [0, 0.05) is 17.7 Å². The molecule has 1 aliphatic carbocycles. The van der Waals surface area contributed by atoms with Crippen LogP contribution in [-0.2, 0) is 4.74 Å². The van der Waals surface area contributed by atoms with Gasteiger partial charge in [-0.15, -0.1) is 0 Å². The molecule has 2 rings (SSSR count). The zero-order valence-electron chi connectivity index (χ0n) is 9.47. The Bertz CT molecular complexity index is 443. The molecule has 0 bridgehead atoms. The van der Waals surface area contributed by atoms with E-state index in [0.717, 1.165) is 11.1 Å². The normalized spacial score (nSPS) is 18.8. The summed E-state index contributed by atoms with van der Waals surface area (Å²) in [5, 5.41) is 9.98. The molecule has 0 aliphatic heterocycles. The van der Waals surface area contributed by atoms with Gasteiger partial charge in [-0.3, -0.25) is 0 Å². The molecule has 0 spiro atoms. The Labute approximate surface area is 99.9 Å². The van der Waals surface area contributed by atoms with Gasteiger partial charge in [-0.1, -0.05) is 12.1 Å². The van der Waals surface area contributed by atoms with Gasteiger partial charge in [0.2, 0.25) is 0 Å². The first-order valence-corrected chi connectivity index (χ1v) is 5.49. The molecule has 0 saturated carbocycles. The van der Waals surface area contributed by atoms with Gasteiger partial charge in [0.05, 0.1) is 18.0 Å². The lowest BCUT2D eigenvalue weighted by Gasteiger charge is -2.23. The minimum atomic E-state index is -0.595. The van der Waals surface area contributed by atoms with Crippen molar-refractivity contribution in [3.63, 3.8) is 0 Å². The average Bonchev–Trinajstić information content (AvgIpc) is 2.28. The van der Waals surface area contributed by atoms with Crippen LogP contribution >= 0.6 is 0 Å². The summed E-state index contributed by atoms with van der Waals surface area (Å²) < 4.78 is 5.42. The Kier molecular flexibility index (Phi) is 3.33. The van der Waals surface area contributed by atoms with Crippen molar-refractivity contribution >= 4 is 11.8 Å². The first kappa shape index (κ1) is 11.9. The third-order valence-electron chi connectivity index (χ3n) is 2.69. The number of hydrogen-bond acceptors (Lipinski definition) is 5. The molecule has 1 aliphatic rings. The fourth-order valence-corrected chi connectivity index (χ4v) is 1.88. The molecule has 5 nitrogen and oxygen atoms in total. The van der Waals surface area contributed by atoms with Crippen LogP contribution in [-0.4, -0.2) is 17.9 Å². The SMILES string of the molecule is Nc1cccc2c1C=C(OCC(N)N)CC2O. The van der Waals surface area contributed by atoms with Crippen molar-refractivity contribution in [3.8, 4) is 0 Å². The molecule has 1 atom stereocenters. The summed E-state index contributed by atoms with van der Waals surface area (Å²) in [6.07, 6.45) is 1.13. The highest BCUT2D eigenvalue weighted by atomic mass is 16.5. The van der Waals surface area contributed by atoms with E-state index in [4.69, 9.17) is 21.9 Å². The van der Waals surface area contributed by atoms with Crippen LogP contribution in [0.25, 0.3) is 6.08 Å². The largest absolute Gasteiger partial charge is 0.495 e. The van der Waals surface area contributed by atoms with Gasteiger partial charge >= 0.3 is 0 Å². The van der Waals surface area contributed by atoms with Crippen LogP contribution < -0.4 is 17.2 Å². The first-order valence-electron chi connectivity index (χ1n) is 5.49. The fourth-order valence-electron chi connectivity index (χ4n) is 1.88. The molecule has 1 aromatic carbocycles. The highest BCUT2D eigenvalue weighted by molar-refractivity contribution is 5.70. The zero-order chi connectivity index (χ0) is 12.4. The maximum atomic E-state index is 9.98. The van der Waals surface area contributed by atoms with Gasteiger partial charge < -0.3 is 27.0 Å². The summed E-state index contributed by atoms with van der Waals surface area (Å²) in [7, 11) is 0. The molecule has 1 aromatic rings. The van der Waals surface area contributed by atoms with E-state index >= 15 is 0 Å². The van der Waals surface area contributed by atoms with Crippen LogP contribution in [0.1, 0.15) is 23.7 Å². The Morgan fingerprint density at radius 1 is 1.41 bits per heavy atom. The predicted octanol–water partition coefficient (Wildman–Crippen LogP) is 0.307. The minimum absolute atomic E-state index is 0.223. The van der Waals surface area contributed by atoms with Crippen molar-refractivity contribution in [3.05, 3.63) is 35.1 Å². The third-order valence-corrected chi connectivity index (χ3v) is 2.69. The molecule has 0 saturated heterocycles. The lowest BCUT2D eigenvalue weighted by atomic mass is 9.92. The highest BCUT2D eigenvalue weighted by Gasteiger charge is 2.21. The average molecular weight is 235 g/mol. The number of nitrogen functional groups attached to an aromatic ring is 1. The Hall–Kier alpha value is -1.56. The number of rotatable bonds is 3. The van der Waals surface area contributed by atoms with Crippen LogP contribution in [0, 0.1) is 0 Å². The summed E-state index contributed by atoms with van der Waals surface area (Å²) in [5.41, 5.74) is 18.9. The van der Waals surface area contributed by atoms with Crippen LogP contribution in [0.15, 0.2) is 24.0 Å². The first-order chi connectivity index (χ1) is 8.08. The maximum Gasteiger partial charge on any atom is 0.116 e. The number of aliphatic hydroxyl groups is 1. The van der Waals surface area contributed by atoms with Crippen molar-refractivity contribution in [2.75, 3.05) is 12.3 Å². The Morgan fingerprint density at radius 3 is 2.88 bits per heavy atom. The van der Waals surface area contributed by atoms with E-state index in [9.17, 15) is 5.11 Å². The molecule has 0 radical (unpaired) electrons. The van der Waals surface area contributed by atoms with E-state index in [2.05, 4.69) is 0 Å². The van der Waals surface area contributed by atoms with Crippen LogP contribution in [0.4, 0.5) is 5.69 Å². The maximum absolute atomic E-state index is 9.98. The summed E-state index contributed by atoms with van der Waals surface area (Å²) >= 11 is 0.